The first-order valence-electron chi connectivity index (χ1n) is 10.3. The van der Waals surface area contributed by atoms with Gasteiger partial charge in [-0.05, 0) is 42.0 Å². The number of amides is 2. The van der Waals surface area contributed by atoms with E-state index < -0.39 is 0 Å². The van der Waals surface area contributed by atoms with E-state index in [1.54, 1.807) is 4.68 Å². The molecule has 0 saturated carbocycles. The molecule has 0 radical (unpaired) electrons. The molecule has 0 bridgehead atoms. The number of piperidine rings is 1. The first-order chi connectivity index (χ1) is 13.0. The van der Waals surface area contributed by atoms with Crippen LogP contribution in [0, 0.1) is 11.3 Å². The van der Waals surface area contributed by atoms with Gasteiger partial charge in [0.1, 0.15) is 0 Å². The van der Waals surface area contributed by atoms with Gasteiger partial charge in [-0.2, -0.15) is 0 Å². The average molecular weight is 374 g/mol. The van der Waals surface area contributed by atoms with Crippen molar-refractivity contribution in [2.45, 2.75) is 64.8 Å². The molecule has 3 aliphatic heterocycles. The Kier molecular flexibility index (Phi) is 4.90. The summed E-state index contributed by atoms with van der Waals surface area (Å²) in [5.74, 6) is 1.43. The fraction of sp³-hybridized carbons (Fsp3) is 0.842. The molecule has 2 fully saturated rings. The minimum absolute atomic E-state index is 0.0633. The molecular weight excluding hydrogens is 344 g/mol. The first-order valence-corrected chi connectivity index (χ1v) is 10.3. The molecule has 1 aromatic rings. The van der Waals surface area contributed by atoms with Crippen LogP contribution in [0.2, 0.25) is 0 Å². The predicted molar refractivity (Wildman–Crippen MR) is 98.7 cm³/mol. The van der Waals surface area contributed by atoms with E-state index in [0.29, 0.717) is 12.3 Å². The minimum atomic E-state index is -0.223. The molecule has 4 heterocycles. The molecule has 1 spiro atoms. The van der Waals surface area contributed by atoms with Crippen LogP contribution in [0.1, 0.15) is 64.1 Å². The summed E-state index contributed by atoms with van der Waals surface area (Å²) < 4.78 is 1.79. The molecule has 0 N–H and O–H groups in total. The van der Waals surface area contributed by atoms with E-state index in [9.17, 15) is 9.59 Å². The van der Waals surface area contributed by atoms with E-state index in [0.717, 1.165) is 70.7 Å². The van der Waals surface area contributed by atoms with Crippen molar-refractivity contribution in [2.24, 2.45) is 11.3 Å². The van der Waals surface area contributed by atoms with Crippen LogP contribution in [0.4, 0.5) is 0 Å². The topological polar surface area (TPSA) is 84.2 Å². The molecule has 4 rings (SSSR count). The molecular formula is C19H30N6O2. The van der Waals surface area contributed by atoms with Gasteiger partial charge in [0.25, 0.3) is 0 Å². The van der Waals surface area contributed by atoms with Gasteiger partial charge in [-0.25, -0.2) is 4.68 Å². The van der Waals surface area contributed by atoms with Crippen LogP contribution < -0.4 is 0 Å². The zero-order valence-electron chi connectivity index (χ0n) is 16.4. The largest absolute Gasteiger partial charge is 0.342 e. The fourth-order valence-corrected chi connectivity index (χ4v) is 4.94. The molecule has 8 heteroatoms. The van der Waals surface area contributed by atoms with E-state index in [2.05, 4.69) is 29.4 Å². The number of fused-ring (bicyclic) bond motifs is 1. The molecule has 148 valence electrons. The molecule has 8 nitrogen and oxygen atoms in total. The second-order valence-electron chi connectivity index (χ2n) is 8.98. The van der Waals surface area contributed by atoms with Crippen molar-refractivity contribution < 1.29 is 9.59 Å². The molecule has 0 aromatic carbocycles. The van der Waals surface area contributed by atoms with Gasteiger partial charge in [0, 0.05) is 44.6 Å². The predicted octanol–water partition coefficient (Wildman–Crippen LogP) is 1.44. The molecule has 3 aliphatic rings. The molecule has 0 aliphatic carbocycles. The first kappa shape index (κ1) is 18.4. The quantitative estimate of drug-likeness (QED) is 0.799. The van der Waals surface area contributed by atoms with E-state index in [1.165, 1.54) is 0 Å². The lowest BCUT2D eigenvalue weighted by Gasteiger charge is -2.39. The highest BCUT2D eigenvalue weighted by Crippen LogP contribution is 2.42. The fourth-order valence-electron chi connectivity index (χ4n) is 4.94. The van der Waals surface area contributed by atoms with Crippen LogP contribution >= 0.6 is 0 Å². The maximum atomic E-state index is 13.2. The highest BCUT2D eigenvalue weighted by Gasteiger charge is 2.46. The van der Waals surface area contributed by atoms with Gasteiger partial charge in [0.15, 0.2) is 5.82 Å². The number of carbonyl (C=O) groups is 2. The number of rotatable bonds is 3. The highest BCUT2D eigenvalue weighted by atomic mass is 16.2. The summed E-state index contributed by atoms with van der Waals surface area (Å²) in [7, 11) is 0. The van der Waals surface area contributed by atoms with Gasteiger partial charge >= 0.3 is 0 Å². The van der Waals surface area contributed by atoms with Crippen LogP contribution in [-0.4, -0.2) is 68.0 Å². The second-order valence-corrected chi connectivity index (χ2v) is 8.98. The Labute approximate surface area is 160 Å². The van der Waals surface area contributed by atoms with Crippen molar-refractivity contribution in [2.75, 3.05) is 26.2 Å². The Hall–Kier alpha value is -1.99. The number of hydrogen-bond acceptors (Lipinski definition) is 5. The Balaban J connectivity index is 1.40. The van der Waals surface area contributed by atoms with Crippen LogP contribution in [0.15, 0.2) is 0 Å². The zero-order chi connectivity index (χ0) is 19.0. The summed E-state index contributed by atoms with van der Waals surface area (Å²) in [5, 5.41) is 11.9. The maximum Gasteiger partial charge on any atom is 0.233 e. The summed E-state index contributed by atoms with van der Waals surface area (Å²) in [4.78, 5) is 29.6. The minimum Gasteiger partial charge on any atom is -0.342 e. The number of carbonyl (C=O) groups excluding carboxylic acids is 2. The Morgan fingerprint density at radius 3 is 2.74 bits per heavy atom. The molecule has 0 unspecified atom stereocenters. The van der Waals surface area contributed by atoms with Crippen LogP contribution in [0.25, 0.3) is 0 Å². The number of aromatic nitrogens is 4. The van der Waals surface area contributed by atoms with Crippen molar-refractivity contribution in [1.82, 2.24) is 30.0 Å². The van der Waals surface area contributed by atoms with Gasteiger partial charge in [-0.1, -0.05) is 20.3 Å². The third-order valence-electron chi connectivity index (χ3n) is 6.41. The molecule has 2 saturated heterocycles. The summed E-state index contributed by atoms with van der Waals surface area (Å²) in [6, 6.07) is 0. The second kappa shape index (κ2) is 7.20. The Bertz CT molecular complexity index is 707. The lowest BCUT2D eigenvalue weighted by Crippen LogP contribution is -2.46. The SMILES string of the molecule is CC(C)CN1CC2(CCN(C(=O)[C@H]3CCCCn4nnnc43)CC2)CC1=O. The van der Waals surface area contributed by atoms with Crippen LogP contribution in [0.3, 0.4) is 0 Å². The maximum absolute atomic E-state index is 13.2. The van der Waals surface area contributed by atoms with Gasteiger partial charge in [-0.3, -0.25) is 9.59 Å². The molecule has 1 aromatic heterocycles. The smallest absolute Gasteiger partial charge is 0.233 e. The lowest BCUT2D eigenvalue weighted by atomic mass is 9.77. The lowest BCUT2D eigenvalue weighted by molar-refractivity contribution is -0.135. The van der Waals surface area contributed by atoms with Crippen molar-refractivity contribution in [3.63, 3.8) is 0 Å². The van der Waals surface area contributed by atoms with Gasteiger partial charge in [-0.15, -0.1) is 5.10 Å². The van der Waals surface area contributed by atoms with Crippen molar-refractivity contribution in [3.05, 3.63) is 5.82 Å². The van der Waals surface area contributed by atoms with Crippen LogP contribution in [-0.2, 0) is 16.1 Å². The van der Waals surface area contributed by atoms with Crippen molar-refractivity contribution in [1.29, 1.82) is 0 Å². The number of nitrogens with zero attached hydrogens (tertiary/aromatic N) is 6. The van der Waals surface area contributed by atoms with E-state index in [-0.39, 0.29) is 23.1 Å². The number of hydrogen-bond donors (Lipinski definition) is 0. The summed E-state index contributed by atoms with van der Waals surface area (Å²) >= 11 is 0. The Morgan fingerprint density at radius 2 is 2.00 bits per heavy atom. The molecule has 1 atom stereocenters. The standard InChI is InChI=1S/C19H30N6O2/c1-14(2)12-24-13-19(11-16(24)26)6-9-23(10-7-19)18(27)15-5-3-4-8-25-17(15)20-21-22-25/h14-15H,3-13H2,1-2H3/t15-/m0/s1. The van der Waals surface area contributed by atoms with Gasteiger partial charge in [0.05, 0.1) is 5.92 Å². The highest BCUT2D eigenvalue weighted by molar-refractivity contribution is 5.83. The molecule has 2 amide bonds. The Morgan fingerprint density at radius 1 is 1.22 bits per heavy atom. The van der Waals surface area contributed by atoms with Gasteiger partial charge < -0.3 is 9.80 Å². The number of aryl methyl sites for hydroxylation is 1. The van der Waals surface area contributed by atoms with E-state index in [1.807, 2.05) is 9.80 Å². The molecule has 27 heavy (non-hydrogen) atoms. The normalized spacial score (nSPS) is 25.1. The third-order valence-corrected chi connectivity index (χ3v) is 6.41. The van der Waals surface area contributed by atoms with E-state index >= 15 is 0 Å². The zero-order valence-corrected chi connectivity index (χ0v) is 16.4. The number of likely N-dealkylation sites (tertiary alicyclic amines) is 2. The van der Waals surface area contributed by atoms with E-state index in [4.69, 9.17) is 0 Å². The van der Waals surface area contributed by atoms with Gasteiger partial charge in [0.2, 0.25) is 11.8 Å². The summed E-state index contributed by atoms with van der Waals surface area (Å²) in [6.45, 7) is 8.27. The van der Waals surface area contributed by atoms with Crippen molar-refractivity contribution in [3.8, 4) is 0 Å². The monoisotopic (exact) mass is 374 g/mol. The van der Waals surface area contributed by atoms with Crippen molar-refractivity contribution >= 4 is 11.8 Å². The third kappa shape index (κ3) is 3.58. The summed E-state index contributed by atoms with van der Waals surface area (Å²) in [6.07, 6.45) is 5.31. The average Bonchev–Trinajstić information content (AvgIpc) is 3.14. The number of tetrazole rings is 1. The summed E-state index contributed by atoms with van der Waals surface area (Å²) in [5.41, 5.74) is 0.0633. The van der Waals surface area contributed by atoms with Crippen LogP contribution in [0.5, 0.6) is 0 Å².